The van der Waals surface area contributed by atoms with Gasteiger partial charge in [0.15, 0.2) is 5.01 Å². The van der Waals surface area contributed by atoms with E-state index in [0.29, 0.717) is 11.7 Å². The molecular weight excluding hydrogens is 301 g/mol. The van der Waals surface area contributed by atoms with E-state index in [1.165, 1.54) is 23.5 Å². The fraction of sp³-hybridized carbons (Fsp3) is 0.0625. The van der Waals surface area contributed by atoms with Crippen molar-refractivity contribution in [1.29, 1.82) is 0 Å². The summed E-state index contributed by atoms with van der Waals surface area (Å²) in [4.78, 5) is 4.22. The topological polar surface area (TPSA) is 47.4 Å². The molecule has 0 bridgehead atoms. The van der Waals surface area contributed by atoms with Gasteiger partial charge >= 0.3 is 0 Å². The van der Waals surface area contributed by atoms with Gasteiger partial charge in [0, 0.05) is 6.21 Å². The average Bonchev–Trinajstić information content (AvgIpc) is 3.01. The Hall–Kier alpha value is -2.60. The molecule has 0 amide bonds. The number of aliphatic imine (C=N–C) groups is 1. The fourth-order valence-corrected chi connectivity index (χ4v) is 2.29. The molecule has 0 aliphatic rings. The molecule has 2 aromatic carbocycles. The molecule has 0 N–H and O–H groups in total. The first-order valence-electron chi connectivity index (χ1n) is 6.59. The average molecular weight is 313 g/mol. The van der Waals surface area contributed by atoms with Gasteiger partial charge in [0.2, 0.25) is 5.13 Å². The standard InChI is InChI=1S/C16H12FN3OS/c17-13-8-6-12(7-9-13)10-18-16-20-19-15(22-16)11-21-14-4-2-1-3-5-14/h1-10H,11H2. The highest BCUT2D eigenvalue weighted by Gasteiger charge is 2.03. The van der Waals surface area contributed by atoms with Crippen molar-refractivity contribution in [3.8, 4) is 5.75 Å². The van der Waals surface area contributed by atoms with E-state index in [1.807, 2.05) is 30.3 Å². The maximum absolute atomic E-state index is 12.8. The van der Waals surface area contributed by atoms with E-state index in [4.69, 9.17) is 4.74 Å². The third-order valence-corrected chi connectivity index (χ3v) is 3.56. The summed E-state index contributed by atoms with van der Waals surface area (Å²) in [7, 11) is 0. The van der Waals surface area contributed by atoms with Crippen molar-refractivity contribution < 1.29 is 9.13 Å². The van der Waals surface area contributed by atoms with Crippen LogP contribution in [0.15, 0.2) is 59.6 Å². The summed E-state index contributed by atoms with van der Waals surface area (Å²) in [5.41, 5.74) is 0.804. The summed E-state index contributed by atoms with van der Waals surface area (Å²) in [6.45, 7) is 0.355. The predicted molar refractivity (Wildman–Crippen MR) is 84.3 cm³/mol. The number of para-hydroxylation sites is 1. The Morgan fingerprint density at radius 1 is 1.05 bits per heavy atom. The van der Waals surface area contributed by atoms with Gasteiger partial charge in [-0.1, -0.05) is 41.7 Å². The molecule has 0 saturated heterocycles. The van der Waals surface area contributed by atoms with E-state index < -0.39 is 0 Å². The van der Waals surface area contributed by atoms with Crippen LogP contribution in [0.2, 0.25) is 0 Å². The zero-order valence-corrected chi connectivity index (χ0v) is 12.3. The predicted octanol–water partition coefficient (Wildman–Crippen LogP) is 4.01. The van der Waals surface area contributed by atoms with Gasteiger partial charge < -0.3 is 4.74 Å². The number of ether oxygens (including phenoxy) is 1. The van der Waals surface area contributed by atoms with Crippen LogP contribution >= 0.6 is 11.3 Å². The van der Waals surface area contributed by atoms with Crippen LogP contribution in [-0.2, 0) is 6.61 Å². The molecule has 0 atom stereocenters. The van der Waals surface area contributed by atoms with Crippen LogP contribution in [-0.4, -0.2) is 16.4 Å². The number of rotatable bonds is 5. The summed E-state index contributed by atoms with van der Waals surface area (Å²) in [5.74, 6) is 0.516. The van der Waals surface area contributed by atoms with Crippen molar-refractivity contribution in [2.24, 2.45) is 4.99 Å². The molecule has 3 rings (SSSR count). The van der Waals surface area contributed by atoms with Gasteiger partial charge in [-0.3, -0.25) is 0 Å². The Kier molecular flexibility index (Phi) is 4.50. The Bertz CT molecular complexity index is 757. The number of aromatic nitrogens is 2. The van der Waals surface area contributed by atoms with Crippen LogP contribution in [0.3, 0.4) is 0 Å². The molecule has 0 fully saturated rings. The highest BCUT2D eigenvalue weighted by molar-refractivity contribution is 7.14. The van der Waals surface area contributed by atoms with Crippen molar-refractivity contribution >= 4 is 22.7 Å². The zero-order chi connectivity index (χ0) is 15.2. The van der Waals surface area contributed by atoms with Crippen molar-refractivity contribution in [3.63, 3.8) is 0 Å². The third kappa shape index (κ3) is 3.95. The lowest BCUT2D eigenvalue weighted by Crippen LogP contribution is -1.94. The van der Waals surface area contributed by atoms with Crippen molar-refractivity contribution in [2.75, 3.05) is 0 Å². The van der Waals surface area contributed by atoms with E-state index in [1.54, 1.807) is 18.3 Å². The Morgan fingerprint density at radius 2 is 1.82 bits per heavy atom. The van der Waals surface area contributed by atoms with Crippen molar-refractivity contribution in [3.05, 3.63) is 71.0 Å². The lowest BCUT2D eigenvalue weighted by atomic mass is 10.2. The second kappa shape index (κ2) is 6.91. The molecule has 22 heavy (non-hydrogen) atoms. The molecule has 0 spiro atoms. The third-order valence-electron chi connectivity index (χ3n) is 2.76. The lowest BCUT2D eigenvalue weighted by molar-refractivity contribution is 0.304. The summed E-state index contributed by atoms with van der Waals surface area (Å²) < 4.78 is 18.4. The van der Waals surface area contributed by atoms with Crippen LogP contribution in [0.25, 0.3) is 0 Å². The van der Waals surface area contributed by atoms with E-state index in [9.17, 15) is 4.39 Å². The van der Waals surface area contributed by atoms with E-state index in [0.717, 1.165) is 16.3 Å². The number of halogens is 1. The monoisotopic (exact) mass is 313 g/mol. The molecule has 0 saturated carbocycles. The molecule has 0 radical (unpaired) electrons. The summed E-state index contributed by atoms with van der Waals surface area (Å²) >= 11 is 1.36. The van der Waals surface area contributed by atoms with Gasteiger partial charge in [-0.05, 0) is 29.8 Å². The normalized spacial score (nSPS) is 11.0. The summed E-state index contributed by atoms with van der Waals surface area (Å²) in [6.07, 6.45) is 1.63. The van der Waals surface area contributed by atoms with Crippen LogP contribution in [0.1, 0.15) is 10.6 Å². The van der Waals surface area contributed by atoms with Gasteiger partial charge in [0.1, 0.15) is 18.2 Å². The minimum atomic E-state index is -0.270. The molecule has 110 valence electrons. The Labute approximate surface area is 130 Å². The number of hydrogen-bond donors (Lipinski definition) is 0. The number of nitrogens with zero attached hydrogens (tertiary/aromatic N) is 3. The second-order valence-corrected chi connectivity index (χ2v) is 5.43. The zero-order valence-electron chi connectivity index (χ0n) is 11.5. The minimum absolute atomic E-state index is 0.270. The first-order valence-corrected chi connectivity index (χ1v) is 7.41. The number of benzene rings is 2. The van der Waals surface area contributed by atoms with E-state index >= 15 is 0 Å². The van der Waals surface area contributed by atoms with Gasteiger partial charge in [-0.15, -0.1) is 10.2 Å². The SMILES string of the molecule is Fc1ccc(C=Nc2nnc(COc3ccccc3)s2)cc1. The Balaban J connectivity index is 1.60. The van der Waals surface area contributed by atoms with Crippen LogP contribution in [0.5, 0.6) is 5.75 Å². The van der Waals surface area contributed by atoms with Gasteiger partial charge in [0.05, 0.1) is 0 Å². The molecule has 0 aliphatic heterocycles. The highest BCUT2D eigenvalue weighted by Crippen LogP contribution is 2.20. The molecule has 1 aromatic heterocycles. The first kappa shape index (κ1) is 14.3. The van der Waals surface area contributed by atoms with E-state index in [2.05, 4.69) is 15.2 Å². The van der Waals surface area contributed by atoms with E-state index in [-0.39, 0.29) is 5.82 Å². The smallest absolute Gasteiger partial charge is 0.231 e. The fourth-order valence-electron chi connectivity index (χ4n) is 1.70. The van der Waals surface area contributed by atoms with Gasteiger partial charge in [-0.25, -0.2) is 9.38 Å². The number of hydrogen-bond acceptors (Lipinski definition) is 5. The quantitative estimate of drug-likeness (QED) is 0.669. The molecule has 4 nitrogen and oxygen atoms in total. The Morgan fingerprint density at radius 3 is 2.59 bits per heavy atom. The van der Waals surface area contributed by atoms with Gasteiger partial charge in [-0.2, -0.15) is 0 Å². The minimum Gasteiger partial charge on any atom is -0.486 e. The molecule has 1 heterocycles. The van der Waals surface area contributed by atoms with Crippen LogP contribution in [0.4, 0.5) is 9.52 Å². The first-order chi connectivity index (χ1) is 10.8. The summed E-state index contributed by atoms with van der Waals surface area (Å²) in [5, 5.41) is 9.29. The molecule has 0 aliphatic carbocycles. The molecule has 6 heteroatoms. The van der Waals surface area contributed by atoms with Crippen LogP contribution < -0.4 is 4.74 Å². The molecule has 3 aromatic rings. The maximum atomic E-state index is 12.8. The lowest BCUT2D eigenvalue weighted by Gasteiger charge is -2.01. The van der Waals surface area contributed by atoms with Gasteiger partial charge in [0.25, 0.3) is 0 Å². The van der Waals surface area contributed by atoms with Crippen molar-refractivity contribution in [2.45, 2.75) is 6.61 Å². The maximum Gasteiger partial charge on any atom is 0.231 e. The highest BCUT2D eigenvalue weighted by atomic mass is 32.1. The molecular formula is C16H12FN3OS. The summed E-state index contributed by atoms with van der Waals surface area (Å²) in [6, 6.07) is 15.6. The van der Waals surface area contributed by atoms with Crippen LogP contribution in [0, 0.1) is 5.82 Å². The van der Waals surface area contributed by atoms with Crippen molar-refractivity contribution in [1.82, 2.24) is 10.2 Å². The molecule has 0 unspecified atom stereocenters. The largest absolute Gasteiger partial charge is 0.486 e. The second-order valence-electron chi connectivity index (χ2n) is 4.39.